The Hall–Kier alpha value is -3.76. The first-order valence-corrected chi connectivity index (χ1v) is 14.6. The van der Waals surface area contributed by atoms with Crippen LogP contribution in [0.3, 0.4) is 0 Å². The van der Waals surface area contributed by atoms with Crippen LogP contribution in [0.15, 0.2) is 78.9 Å². The first-order valence-electron chi connectivity index (χ1n) is 14.6. The van der Waals surface area contributed by atoms with Gasteiger partial charge in [-0.3, -0.25) is 9.80 Å². The zero-order valence-electron chi connectivity index (χ0n) is 23.6. The molecule has 3 heterocycles. The maximum absolute atomic E-state index is 13.6. The Balaban J connectivity index is 1.35. The van der Waals surface area contributed by atoms with Gasteiger partial charge in [0.05, 0.1) is 12.3 Å². The molecule has 0 bridgehead atoms. The quantitative estimate of drug-likeness (QED) is 0.246. The molecule has 4 aromatic rings. The third kappa shape index (κ3) is 5.91. The molecule has 220 valence electrons. The molecule has 0 aliphatic carbocycles. The molecule has 2 saturated heterocycles. The number of rotatable bonds is 9. The van der Waals surface area contributed by atoms with Gasteiger partial charge in [0, 0.05) is 43.2 Å². The molecule has 10 heteroatoms. The Kier molecular flexibility index (Phi) is 8.26. The molecule has 0 amide bonds. The molecule has 2 atom stereocenters. The zero-order chi connectivity index (χ0) is 29.1. The highest BCUT2D eigenvalue weighted by Gasteiger charge is 2.42. The van der Waals surface area contributed by atoms with Crippen molar-refractivity contribution in [2.24, 2.45) is 0 Å². The second-order valence-corrected chi connectivity index (χ2v) is 11.1. The summed E-state index contributed by atoms with van der Waals surface area (Å²) in [6.07, 6.45) is -1.56. The summed E-state index contributed by atoms with van der Waals surface area (Å²) in [6.45, 7) is 5.88. The van der Waals surface area contributed by atoms with Crippen LogP contribution in [-0.2, 0) is 12.7 Å². The van der Waals surface area contributed by atoms with E-state index in [1.54, 1.807) is 18.2 Å². The van der Waals surface area contributed by atoms with Crippen LogP contribution in [0.1, 0.15) is 54.6 Å². The minimum absolute atomic E-state index is 0.188. The maximum Gasteiger partial charge on any atom is 0.453 e. The lowest BCUT2D eigenvalue weighted by Gasteiger charge is -2.47. The Morgan fingerprint density at radius 2 is 1.67 bits per heavy atom. The summed E-state index contributed by atoms with van der Waals surface area (Å²) >= 11 is 0. The van der Waals surface area contributed by atoms with Crippen LogP contribution in [0, 0.1) is 0 Å². The van der Waals surface area contributed by atoms with Crippen LogP contribution >= 0.6 is 0 Å². The number of nitrogens with zero attached hydrogens (tertiary/aromatic N) is 6. The van der Waals surface area contributed by atoms with E-state index in [-0.39, 0.29) is 17.6 Å². The number of alkyl halides is 3. The monoisotopic (exact) mass is 576 g/mol. The van der Waals surface area contributed by atoms with Gasteiger partial charge in [0.1, 0.15) is 5.75 Å². The molecular weight excluding hydrogens is 541 g/mol. The SMILES string of the molecule is CCCOc1ccc(-n2nnnc2C(F)(F)F)cc1CN1CC(C(c2ccccc2)c2ccccc2)N2CCC[C@H]2C1. The lowest BCUT2D eigenvalue weighted by molar-refractivity contribution is -0.146. The summed E-state index contributed by atoms with van der Waals surface area (Å²) < 4.78 is 47.7. The number of ether oxygens (including phenoxy) is 1. The summed E-state index contributed by atoms with van der Waals surface area (Å²) in [6, 6.07) is 27.1. The summed E-state index contributed by atoms with van der Waals surface area (Å²) in [5.74, 6) is -0.285. The second-order valence-electron chi connectivity index (χ2n) is 11.1. The molecule has 42 heavy (non-hydrogen) atoms. The van der Waals surface area contributed by atoms with Crippen molar-refractivity contribution in [3.8, 4) is 11.4 Å². The largest absolute Gasteiger partial charge is 0.493 e. The molecule has 2 fully saturated rings. The predicted molar refractivity (Wildman–Crippen MR) is 153 cm³/mol. The minimum atomic E-state index is -4.67. The molecule has 0 saturated carbocycles. The van der Waals surface area contributed by atoms with Crippen LogP contribution in [0.2, 0.25) is 0 Å². The summed E-state index contributed by atoms with van der Waals surface area (Å²) in [4.78, 5) is 5.13. The topological polar surface area (TPSA) is 59.3 Å². The highest BCUT2D eigenvalue weighted by molar-refractivity contribution is 5.44. The lowest BCUT2D eigenvalue weighted by Crippen LogP contribution is -2.57. The number of benzene rings is 3. The average Bonchev–Trinajstić information content (AvgIpc) is 3.68. The van der Waals surface area contributed by atoms with Gasteiger partial charge in [-0.1, -0.05) is 67.6 Å². The fourth-order valence-electron chi connectivity index (χ4n) is 6.57. The minimum Gasteiger partial charge on any atom is -0.493 e. The van der Waals surface area contributed by atoms with Crippen LogP contribution in [0.25, 0.3) is 5.69 Å². The zero-order valence-corrected chi connectivity index (χ0v) is 23.6. The van der Waals surface area contributed by atoms with Crippen molar-refractivity contribution < 1.29 is 17.9 Å². The van der Waals surface area contributed by atoms with Gasteiger partial charge in [0.2, 0.25) is 0 Å². The molecule has 0 N–H and O–H groups in total. The second kappa shape index (κ2) is 12.2. The van der Waals surface area contributed by atoms with Crippen LogP contribution < -0.4 is 4.74 Å². The van der Waals surface area contributed by atoms with E-state index in [4.69, 9.17) is 4.74 Å². The van der Waals surface area contributed by atoms with Gasteiger partial charge >= 0.3 is 6.18 Å². The molecule has 7 nitrogen and oxygen atoms in total. The predicted octanol–water partition coefficient (Wildman–Crippen LogP) is 5.95. The van der Waals surface area contributed by atoms with E-state index in [9.17, 15) is 13.2 Å². The van der Waals surface area contributed by atoms with Crippen molar-refractivity contribution >= 4 is 0 Å². The van der Waals surface area contributed by atoms with Gasteiger partial charge in [-0.2, -0.15) is 17.9 Å². The Bertz CT molecular complexity index is 1420. The van der Waals surface area contributed by atoms with Crippen molar-refractivity contribution in [2.75, 3.05) is 26.2 Å². The van der Waals surface area contributed by atoms with Crippen molar-refractivity contribution in [2.45, 2.75) is 56.9 Å². The summed E-state index contributed by atoms with van der Waals surface area (Å²) in [7, 11) is 0. The first kappa shape index (κ1) is 28.4. The van der Waals surface area contributed by atoms with Crippen LogP contribution in [-0.4, -0.2) is 68.3 Å². The van der Waals surface area contributed by atoms with Gasteiger partial charge in [0.25, 0.3) is 5.82 Å². The molecule has 2 aliphatic rings. The van der Waals surface area contributed by atoms with Crippen molar-refractivity contribution in [1.82, 2.24) is 30.0 Å². The van der Waals surface area contributed by atoms with Crippen LogP contribution in [0.5, 0.6) is 5.75 Å². The number of hydrogen-bond donors (Lipinski definition) is 0. The molecule has 2 aliphatic heterocycles. The molecule has 0 radical (unpaired) electrons. The highest BCUT2D eigenvalue weighted by Crippen LogP contribution is 2.38. The van der Waals surface area contributed by atoms with Crippen LogP contribution in [0.4, 0.5) is 13.2 Å². The highest BCUT2D eigenvalue weighted by atomic mass is 19.4. The van der Waals surface area contributed by atoms with Gasteiger partial charge in [0.15, 0.2) is 0 Å². The Morgan fingerprint density at radius 3 is 2.33 bits per heavy atom. The molecule has 1 unspecified atom stereocenters. The van der Waals surface area contributed by atoms with Gasteiger partial charge in [-0.15, -0.1) is 5.10 Å². The number of halogens is 3. The average molecular weight is 577 g/mol. The van der Waals surface area contributed by atoms with E-state index in [0.29, 0.717) is 24.9 Å². The lowest BCUT2D eigenvalue weighted by atomic mass is 9.82. The van der Waals surface area contributed by atoms with E-state index in [2.05, 4.69) is 86.0 Å². The fraction of sp³-hybridized carbons (Fsp3) is 0.406. The van der Waals surface area contributed by atoms with E-state index < -0.39 is 12.0 Å². The van der Waals surface area contributed by atoms with E-state index in [1.807, 2.05) is 6.92 Å². The Morgan fingerprint density at radius 1 is 0.952 bits per heavy atom. The van der Waals surface area contributed by atoms with E-state index in [0.717, 1.165) is 49.1 Å². The number of aromatic nitrogens is 4. The Labute approximate surface area is 243 Å². The number of piperazine rings is 1. The number of fused-ring (bicyclic) bond motifs is 1. The molecule has 3 aromatic carbocycles. The van der Waals surface area contributed by atoms with E-state index >= 15 is 0 Å². The third-order valence-electron chi connectivity index (χ3n) is 8.33. The molecule has 1 aromatic heterocycles. The molecular formula is C32H35F3N6O. The standard InChI is InChI=1S/C32H35F3N6O/c1-2-18-42-29-16-15-26(41-31(32(33,34)35)36-37-38-41)19-25(29)20-39-21-27-14-9-17-40(27)28(22-39)30(23-10-5-3-6-11-23)24-12-7-4-8-13-24/h3-8,10-13,15-16,19,27-28,30H,2,9,14,17-18,20-22H2,1H3/t27-,28?/m0/s1. The molecule has 0 spiro atoms. The molecule has 6 rings (SSSR count). The van der Waals surface area contributed by atoms with E-state index in [1.165, 1.54) is 11.1 Å². The first-order chi connectivity index (χ1) is 20.4. The van der Waals surface area contributed by atoms with Gasteiger partial charge < -0.3 is 4.74 Å². The fourth-order valence-corrected chi connectivity index (χ4v) is 6.57. The number of tetrazole rings is 1. The van der Waals surface area contributed by atoms with Crippen molar-refractivity contribution in [1.29, 1.82) is 0 Å². The van der Waals surface area contributed by atoms with Crippen molar-refractivity contribution in [3.63, 3.8) is 0 Å². The summed E-state index contributed by atoms with van der Waals surface area (Å²) in [5.41, 5.74) is 3.65. The number of hydrogen-bond acceptors (Lipinski definition) is 6. The normalized spacial score (nSPS) is 19.7. The van der Waals surface area contributed by atoms with Gasteiger partial charge in [-0.25, -0.2) is 0 Å². The summed E-state index contributed by atoms with van der Waals surface area (Å²) in [5, 5.41) is 10.2. The third-order valence-corrected chi connectivity index (χ3v) is 8.33. The van der Waals surface area contributed by atoms with Crippen molar-refractivity contribution in [3.05, 3.63) is 101 Å². The smallest absolute Gasteiger partial charge is 0.453 e. The maximum atomic E-state index is 13.6. The van der Waals surface area contributed by atoms with Gasteiger partial charge in [-0.05, 0) is 65.6 Å².